The highest BCUT2D eigenvalue weighted by Gasteiger charge is 2.22. The fourth-order valence-corrected chi connectivity index (χ4v) is 4.08. The smallest absolute Gasteiger partial charge is 0.261 e. The number of nitrogens with zero attached hydrogens (tertiary/aromatic N) is 3. The Balaban J connectivity index is 1.90. The number of benzene rings is 1. The zero-order valence-corrected chi connectivity index (χ0v) is 16.6. The number of hydrogen-bond acceptors (Lipinski definition) is 5. The Morgan fingerprint density at radius 2 is 1.81 bits per heavy atom. The number of aromatic nitrogens is 2. The first-order valence-corrected chi connectivity index (χ1v) is 9.68. The number of fused-ring (bicyclic) bond motifs is 1. The molecule has 0 aliphatic carbocycles. The minimum Gasteiger partial charge on any atom is -0.467 e. The summed E-state index contributed by atoms with van der Waals surface area (Å²) in [5, 5.41) is 2.68. The van der Waals surface area contributed by atoms with Gasteiger partial charge < -0.3 is 9.64 Å². The van der Waals surface area contributed by atoms with Gasteiger partial charge in [-0.15, -0.1) is 11.3 Å². The largest absolute Gasteiger partial charge is 0.467 e. The maximum atomic E-state index is 13.2. The summed E-state index contributed by atoms with van der Waals surface area (Å²) < 4.78 is 19.0. The topological polar surface area (TPSA) is 55.3 Å². The van der Waals surface area contributed by atoms with Crippen LogP contribution in [0.2, 0.25) is 0 Å². The zero-order valence-electron chi connectivity index (χ0n) is 15.8. The third-order valence-electron chi connectivity index (χ3n) is 4.22. The molecule has 0 aliphatic rings. The van der Waals surface area contributed by atoms with E-state index in [0.29, 0.717) is 5.88 Å². The van der Waals surface area contributed by atoms with Gasteiger partial charge in [0.15, 0.2) is 6.61 Å². The van der Waals surface area contributed by atoms with Crippen LogP contribution in [0.15, 0.2) is 36.0 Å². The van der Waals surface area contributed by atoms with E-state index in [9.17, 15) is 9.18 Å². The Kier molecular flexibility index (Phi) is 5.70. The number of ether oxygens (including phenoxy) is 1. The van der Waals surface area contributed by atoms with E-state index in [1.807, 2.05) is 33.1 Å². The summed E-state index contributed by atoms with van der Waals surface area (Å²) in [7, 11) is 0. The van der Waals surface area contributed by atoms with Crippen LogP contribution < -0.4 is 4.74 Å². The number of amides is 1. The van der Waals surface area contributed by atoms with Crippen molar-refractivity contribution in [2.75, 3.05) is 6.61 Å². The van der Waals surface area contributed by atoms with Crippen molar-refractivity contribution >= 4 is 27.5 Å². The second kappa shape index (κ2) is 8.00. The van der Waals surface area contributed by atoms with E-state index in [1.54, 1.807) is 17.0 Å². The molecule has 2 heterocycles. The van der Waals surface area contributed by atoms with Crippen LogP contribution >= 0.6 is 11.3 Å². The third kappa shape index (κ3) is 4.08. The van der Waals surface area contributed by atoms with Crippen molar-refractivity contribution in [3.63, 3.8) is 0 Å². The Labute approximate surface area is 161 Å². The normalized spacial score (nSPS) is 11.4. The number of carbonyl (C=O) groups excluding carboxylic acids is 1. The van der Waals surface area contributed by atoms with Crippen molar-refractivity contribution in [3.8, 4) is 17.0 Å². The maximum absolute atomic E-state index is 13.2. The number of hydrogen-bond donors (Lipinski definition) is 0. The number of halogens is 1. The Hall–Kier alpha value is -2.54. The van der Waals surface area contributed by atoms with Gasteiger partial charge in [-0.05, 0) is 45.4 Å². The van der Waals surface area contributed by atoms with Gasteiger partial charge in [0.2, 0.25) is 5.88 Å². The van der Waals surface area contributed by atoms with Gasteiger partial charge in [-0.2, -0.15) is 0 Å². The lowest BCUT2D eigenvalue weighted by atomic mass is 10.1. The third-order valence-corrected chi connectivity index (χ3v) is 5.11. The molecule has 7 heteroatoms. The molecule has 3 rings (SSSR count). The first-order valence-electron chi connectivity index (χ1n) is 8.80. The van der Waals surface area contributed by atoms with Crippen LogP contribution in [0.25, 0.3) is 21.3 Å². The minimum atomic E-state index is -0.293. The van der Waals surface area contributed by atoms with Crippen LogP contribution in [-0.2, 0) is 4.79 Å². The van der Waals surface area contributed by atoms with Crippen LogP contribution in [0, 0.1) is 5.82 Å². The second-order valence-corrected chi connectivity index (χ2v) is 7.65. The molecule has 2 aromatic heterocycles. The van der Waals surface area contributed by atoms with Crippen molar-refractivity contribution in [3.05, 3.63) is 41.8 Å². The van der Waals surface area contributed by atoms with E-state index in [4.69, 9.17) is 4.74 Å². The lowest BCUT2D eigenvalue weighted by Gasteiger charge is -2.30. The van der Waals surface area contributed by atoms with Crippen LogP contribution in [0.3, 0.4) is 0 Å². The van der Waals surface area contributed by atoms with Gasteiger partial charge in [0.1, 0.15) is 17.0 Å². The van der Waals surface area contributed by atoms with Crippen LogP contribution in [0.1, 0.15) is 27.7 Å². The molecule has 27 heavy (non-hydrogen) atoms. The van der Waals surface area contributed by atoms with Gasteiger partial charge in [-0.1, -0.05) is 12.1 Å². The van der Waals surface area contributed by atoms with Gasteiger partial charge in [0, 0.05) is 23.0 Å². The van der Waals surface area contributed by atoms with Crippen LogP contribution in [0.5, 0.6) is 5.88 Å². The van der Waals surface area contributed by atoms with E-state index >= 15 is 0 Å². The predicted molar refractivity (Wildman–Crippen MR) is 105 cm³/mol. The number of rotatable bonds is 6. The average Bonchev–Trinajstić information content (AvgIpc) is 3.04. The van der Waals surface area contributed by atoms with Crippen LogP contribution in [0.4, 0.5) is 4.39 Å². The minimum absolute atomic E-state index is 0.0856. The van der Waals surface area contributed by atoms with E-state index in [2.05, 4.69) is 9.97 Å². The van der Waals surface area contributed by atoms with Crippen molar-refractivity contribution in [2.24, 2.45) is 0 Å². The highest BCUT2D eigenvalue weighted by atomic mass is 32.1. The Bertz CT molecular complexity index is 930. The molecule has 3 aromatic rings. The molecule has 0 bridgehead atoms. The van der Waals surface area contributed by atoms with Crippen molar-refractivity contribution < 1.29 is 13.9 Å². The number of thiophene rings is 1. The summed E-state index contributed by atoms with van der Waals surface area (Å²) in [5.41, 5.74) is 1.71. The maximum Gasteiger partial charge on any atom is 0.261 e. The van der Waals surface area contributed by atoms with Gasteiger partial charge in [0.05, 0.1) is 5.39 Å². The second-order valence-electron chi connectivity index (χ2n) is 6.79. The van der Waals surface area contributed by atoms with Crippen molar-refractivity contribution in [1.82, 2.24) is 14.9 Å². The summed E-state index contributed by atoms with van der Waals surface area (Å²) >= 11 is 1.46. The fraction of sp³-hybridized carbons (Fsp3) is 0.350. The van der Waals surface area contributed by atoms with E-state index < -0.39 is 0 Å². The van der Waals surface area contributed by atoms with E-state index in [1.165, 1.54) is 29.8 Å². The molecule has 0 unspecified atom stereocenters. The molecule has 142 valence electrons. The molecule has 1 amide bonds. The Morgan fingerprint density at radius 3 is 2.44 bits per heavy atom. The molecular formula is C20H22FN3O2S. The predicted octanol–water partition coefficient (Wildman–Crippen LogP) is 4.52. The standard InChI is InChI=1S/C20H22FN3O2S/c1-12(2)24(13(3)4)17(25)9-26-19-18-16(10-27-20(18)23-11-22-19)14-5-7-15(21)8-6-14/h5-8,10-13H,9H2,1-4H3. The van der Waals surface area contributed by atoms with Gasteiger partial charge in [-0.25, -0.2) is 14.4 Å². The van der Waals surface area contributed by atoms with Crippen molar-refractivity contribution in [2.45, 2.75) is 39.8 Å². The van der Waals surface area contributed by atoms with Gasteiger partial charge in [-0.3, -0.25) is 4.79 Å². The lowest BCUT2D eigenvalue weighted by molar-refractivity contribution is -0.137. The summed E-state index contributed by atoms with van der Waals surface area (Å²) in [4.78, 5) is 23.6. The monoisotopic (exact) mass is 387 g/mol. The summed E-state index contributed by atoms with van der Waals surface area (Å²) in [5.74, 6) is -0.0224. The molecule has 0 atom stereocenters. The first-order chi connectivity index (χ1) is 12.9. The van der Waals surface area contributed by atoms with Crippen molar-refractivity contribution in [1.29, 1.82) is 0 Å². The van der Waals surface area contributed by atoms with Gasteiger partial charge >= 0.3 is 0 Å². The molecule has 0 radical (unpaired) electrons. The molecule has 0 saturated heterocycles. The SMILES string of the molecule is CC(C)N(C(=O)COc1ncnc2scc(-c3ccc(F)cc3)c12)C(C)C. The van der Waals surface area contributed by atoms with E-state index in [0.717, 1.165) is 21.3 Å². The van der Waals surface area contributed by atoms with Gasteiger partial charge in [0.25, 0.3) is 5.91 Å². The Morgan fingerprint density at radius 1 is 1.15 bits per heavy atom. The summed E-state index contributed by atoms with van der Waals surface area (Å²) in [6.07, 6.45) is 1.43. The molecule has 5 nitrogen and oxygen atoms in total. The summed E-state index contributed by atoms with van der Waals surface area (Å²) in [6, 6.07) is 6.41. The first kappa shape index (κ1) is 19.2. The van der Waals surface area contributed by atoms with E-state index in [-0.39, 0.29) is 30.4 Å². The molecule has 1 aromatic carbocycles. The fourth-order valence-electron chi connectivity index (χ4n) is 3.18. The summed E-state index contributed by atoms with van der Waals surface area (Å²) in [6.45, 7) is 7.82. The molecule has 0 N–H and O–H groups in total. The molecule has 0 fully saturated rings. The highest BCUT2D eigenvalue weighted by molar-refractivity contribution is 7.17. The lowest BCUT2D eigenvalue weighted by Crippen LogP contribution is -2.44. The molecule has 0 spiro atoms. The van der Waals surface area contributed by atoms with Crippen LogP contribution in [-0.4, -0.2) is 39.5 Å². The number of carbonyl (C=O) groups is 1. The zero-order chi connectivity index (χ0) is 19.6. The molecular weight excluding hydrogens is 365 g/mol. The molecule has 0 aliphatic heterocycles. The highest BCUT2D eigenvalue weighted by Crippen LogP contribution is 2.37. The molecule has 0 saturated carbocycles. The average molecular weight is 387 g/mol. The quantitative estimate of drug-likeness (QED) is 0.624.